The molecule has 0 N–H and O–H groups in total. The van der Waals surface area contributed by atoms with Crippen LogP contribution in [-0.4, -0.2) is 24.5 Å². The minimum Gasteiger partial charge on any atom is -0.484 e. The Balaban J connectivity index is 1.58. The summed E-state index contributed by atoms with van der Waals surface area (Å²) in [5.41, 5.74) is 0.847. The van der Waals surface area contributed by atoms with Crippen LogP contribution in [0.3, 0.4) is 0 Å². The second-order valence-corrected chi connectivity index (χ2v) is 7.32. The largest absolute Gasteiger partial charge is 0.484 e. The van der Waals surface area contributed by atoms with E-state index >= 15 is 0 Å². The number of aryl methyl sites for hydroxylation is 2. The first kappa shape index (κ1) is 19.6. The van der Waals surface area contributed by atoms with E-state index in [0.29, 0.717) is 5.75 Å². The molecule has 0 fully saturated rings. The standard InChI is InChI=1S/C19H15N5O5S/c1-11-6-7-12(2)13(9-11)28-10-15-21-22-19(29-15)30-17-16(24(26)27)18(25)23-8-4-3-5-14(23)20-17/h3-9H,10H2,1-2H3. The van der Waals surface area contributed by atoms with Crippen LogP contribution in [0.4, 0.5) is 5.69 Å². The van der Waals surface area contributed by atoms with Gasteiger partial charge in [0.15, 0.2) is 11.6 Å². The lowest BCUT2D eigenvalue weighted by Gasteiger charge is -2.07. The second-order valence-electron chi connectivity index (χ2n) is 6.38. The van der Waals surface area contributed by atoms with Gasteiger partial charge >= 0.3 is 11.2 Å². The number of hydrogen-bond acceptors (Lipinski definition) is 9. The summed E-state index contributed by atoms with van der Waals surface area (Å²) in [7, 11) is 0. The molecule has 0 aliphatic heterocycles. The number of nitro groups is 1. The van der Waals surface area contributed by atoms with Crippen molar-refractivity contribution < 1.29 is 14.1 Å². The van der Waals surface area contributed by atoms with Gasteiger partial charge in [-0.05, 0) is 54.9 Å². The molecule has 11 heteroatoms. The van der Waals surface area contributed by atoms with Crippen molar-refractivity contribution in [1.29, 1.82) is 0 Å². The SMILES string of the molecule is Cc1ccc(C)c(OCc2nnc(Sc3nc4ccccn4c(=O)c3[N+](=O)[O-])o2)c1. The molecule has 4 aromatic rings. The molecular weight excluding hydrogens is 410 g/mol. The summed E-state index contributed by atoms with van der Waals surface area (Å²) in [6, 6.07) is 10.7. The first-order chi connectivity index (χ1) is 14.4. The summed E-state index contributed by atoms with van der Waals surface area (Å²) in [4.78, 5) is 27.4. The molecule has 10 nitrogen and oxygen atoms in total. The van der Waals surface area contributed by atoms with Gasteiger partial charge in [-0.1, -0.05) is 18.2 Å². The fraction of sp³-hybridized carbons (Fsp3) is 0.158. The minimum absolute atomic E-state index is 0.0184. The highest BCUT2D eigenvalue weighted by molar-refractivity contribution is 7.99. The van der Waals surface area contributed by atoms with Gasteiger partial charge in [-0.25, -0.2) is 4.98 Å². The highest BCUT2D eigenvalue weighted by Crippen LogP contribution is 2.31. The predicted molar refractivity (Wildman–Crippen MR) is 107 cm³/mol. The van der Waals surface area contributed by atoms with Gasteiger partial charge in [-0.3, -0.25) is 19.3 Å². The van der Waals surface area contributed by atoms with Gasteiger partial charge in [0.05, 0.1) is 4.92 Å². The molecule has 0 radical (unpaired) electrons. The second kappa shape index (κ2) is 7.95. The van der Waals surface area contributed by atoms with E-state index in [-0.39, 0.29) is 28.4 Å². The van der Waals surface area contributed by atoms with E-state index in [0.717, 1.165) is 27.3 Å². The number of aromatic nitrogens is 4. The molecule has 152 valence electrons. The van der Waals surface area contributed by atoms with Crippen LogP contribution in [0.25, 0.3) is 5.65 Å². The number of rotatable bonds is 6. The van der Waals surface area contributed by atoms with Crippen LogP contribution in [0, 0.1) is 24.0 Å². The molecule has 4 rings (SSSR count). The van der Waals surface area contributed by atoms with Gasteiger partial charge in [-0.2, -0.15) is 0 Å². The molecule has 3 heterocycles. The number of hydrogen-bond donors (Lipinski definition) is 0. The number of ether oxygens (including phenoxy) is 1. The van der Waals surface area contributed by atoms with Crippen molar-refractivity contribution in [1.82, 2.24) is 19.6 Å². The van der Waals surface area contributed by atoms with Crippen molar-refractivity contribution in [2.75, 3.05) is 0 Å². The smallest absolute Gasteiger partial charge is 0.366 e. The lowest BCUT2D eigenvalue weighted by Crippen LogP contribution is -2.19. The van der Waals surface area contributed by atoms with Gasteiger partial charge in [0, 0.05) is 6.20 Å². The molecular formula is C19H15N5O5S. The Bertz CT molecular complexity index is 1320. The normalized spacial score (nSPS) is 11.0. The van der Waals surface area contributed by atoms with Crippen LogP contribution in [0.5, 0.6) is 5.75 Å². The number of pyridine rings is 1. The van der Waals surface area contributed by atoms with E-state index in [2.05, 4.69) is 15.2 Å². The molecule has 0 atom stereocenters. The monoisotopic (exact) mass is 425 g/mol. The summed E-state index contributed by atoms with van der Waals surface area (Å²) in [6.07, 6.45) is 1.42. The van der Waals surface area contributed by atoms with Crippen LogP contribution in [0.15, 0.2) is 62.1 Å². The van der Waals surface area contributed by atoms with E-state index in [1.165, 1.54) is 6.20 Å². The van der Waals surface area contributed by atoms with Crippen molar-refractivity contribution in [2.45, 2.75) is 30.7 Å². The van der Waals surface area contributed by atoms with E-state index < -0.39 is 16.2 Å². The molecule has 30 heavy (non-hydrogen) atoms. The van der Waals surface area contributed by atoms with E-state index in [4.69, 9.17) is 9.15 Å². The number of fused-ring (bicyclic) bond motifs is 1. The molecule has 0 bridgehead atoms. The third-order valence-electron chi connectivity index (χ3n) is 4.19. The third kappa shape index (κ3) is 3.87. The molecule has 0 saturated heterocycles. The number of benzene rings is 1. The zero-order chi connectivity index (χ0) is 21.3. The van der Waals surface area contributed by atoms with Gasteiger partial charge in [-0.15, -0.1) is 10.2 Å². The van der Waals surface area contributed by atoms with Crippen molar-refractivity contribution in [3.8, 4) is 5.75 Å². The maximum Gasteiger partial charge on any atom is 0.366 e. The molecule has 3 aromatic heterocycles. The average Bonchev–Trinajstić information content (AvgIpc) is 3.16. The van der Waals surface area contributed by atoms with Gasteiger partial charge in [0.2, 0.25) is 0 Å². The zero-order valence-electron chi connectivity index (χ0n) is 15.9. The van der Waals surface area contributed by atoms with Crippen LogP contribution < -0.4 is 10.3 Å². The molecule has 0 unspecified atom stereocenters. The lowest BCUT2D eigenvalue weighted by molar-refractivity contribution is -0.389. The van der Waals surface area contributed by atoms with Gasteiger partial charge in [0.1, 0.15) is 11.4 Å². The van der Waals surface area contributed by atoms with Gasteiger partial charge in [0.25, 0.3) is 11.1 Å². The van der Waals surface area contributed by atoms with Crippen LogP contribution in [0.2, 0.25) is 0 Å². The van der Waals surface area contributed by atoms with Crippen molar-refractivity contribution >= 4 is 23.1 Å². The van der Waals surface area contributed by atoms with Crippen molar-refractivity contribution in [2.24, 2.45) is 0 Å². The first-order valence-electron chi connectivity index (χ1n) is 8.78. The molecule has 0 saturated carbocycles. The Morgan fingerprint density at radius 3 is 2.87 bits per heavy atom. The lowest BCUT2D eigenvalue weighted by atomic mass is 10.1. The van der Waals surface area contributed by atoms with Crippen molar-refractivity contribution in [3.05, 3.63) is 80.1 Å². The summed E-state index contributed by atoms with van der Waals surface area (Å²) in [6.45, 7) is 3.92. The summed E-state index contributed by atoms with van der Waals surface area (Å²) in [5.74, 6) is 0.890. The Kier molecular flexibility index (Phi) is 5.19. The van der Waals surface area contributed by atoms with E-state index in [1.54, 1.807) is 18.2 Å². The number of nitrogens with zero attached hydrogens (tertiary/aromatic N) is 5. The predicted octanol–water partition coefficient (Wildman–Crippen LogP) is 3.33. The Morgan fingerprint density at radius 1 is 1.23 bits per heavy atom. The third-order valence-corrected chi connectivity index (χ3v) is 5.01. The summed E-state index contributed by atoms with van der Waals surface area (Å²) < 4.78 is 12.3. The molecule has 0 aliphatic rings. The van der Waals surface area contributed by atoms with Crippen LogP contribution >= 0.6 is 11.8 Å². The Hall–Kier alpha value is -3.73. The molecule has 0 aliphatic carbocycles. The fourth-order valence-corrected chi connectivity index (χ4v) is 3.49. The molecule has 0 spiro atoms. The molecule has 0 amide bonds. The van der Waals surface area contributed by atoms with E-state index in [1.807, 2.05) is 32.0 Å². The summed E-state index contributed by atoms with van der Waals surface area (Å²) in [5, 5.41) is 19.1. The van der Waals surface area contributed by atoms with Crippen LogP contribution in [0.1, 0.15) is 17.0 Å². The topological polar surface area (TPSA) is 126 Å². The van der Waals surface area contributed by atoms with Crippen molar-refractivity contribution in [3.63, 3.8) is 0 Å². The van der Waals surface area contributed by atoms with Gasteiger partial charge < -0.3 is 9.15 Å². The summed E-state index contributed by atoms with van der Waals surface area (Å²) >= 11 is 0.758. The maximum atomic E-state index is 12.5. The highest BCUT2D eigenvalue weighted by atomic mass is 32.2. The van der Waals surface area contributed by atoms with Crippen LogP contribution in [-0.2, 0) is 6.61 Å². The fourth-order valence-electron chi connectivity index (χ4n) is 2.71. The zero-order valence-corrected chi connectivity index (χ0v) is 16.8. The highest BCUT2D eigenvalue weighted by Gasteiger charge is 2.26. The average molecular weight is 425 g/mol. The maximum absolute atomic E-state index is 12.5. The minimum atomic E-state index is -0.786. The Labute approximate surface area is 173 Å². The molecule has 1 aromatic carbocycles. The quantitative estimate of drug-likeness (QED) is 0.260. The van der Waals surface area contributed by atoms with E-state index in [9.17, 15) is 14.9 Å². The first-order valence-corrected chi connectivity index (χ1v) is 9.60. The Morgan fingerprint density at radius 2 is 2.07 bits per heavy atom.